The van der Waals surface area contributed by atoms with Gasteiger partial charge in [-0.15, -0.1) is 0 Å². The zero-order chi connectivity index (χ0) is 9.10. The molecule has 1 amide bonds. The van der Waals surface area contributed by atoms with Gasteiger partial charge in [-0.1, -0.05) is 0 Å². The lowest BCUT2D eigenvalue weighted by Gasteiger charge is -2.26. The second kappa shape index (κ2) is 3.89. The van der Waals surface area contributed by atoms with Gasteiger partial charge in [-0.25, -0.2) is 0 Å². The third kappa shape index (κ3) is 1.89. The van der Waals surface area contributed by atoms with Crippen molar-refractivity contribution in [3.8, 4) is 0 Å². The van der Waals surface area contributed by atoms with Crippen LogP contribution in [0.25, 0.3) is 0 Å². The minimum atomic E-state index is 0.129. The molecule has 0 atom stereocenters. The Bertz CT molecular complexity index is 278. The highest BCUT2D eigenvalue weighted by atomic mass is 32.1. The van der Waals surface area contributed by atoms with Crippen molar-refractivity contribution >= 4 is 17.2 Å². The fourth-order valence-corrected chi connectivity index (χ4v) is 1.96. The molecule has 1 aromatic rings. The number of amides is 1. The van der Waals surface area contributed by atoms with E-state index in [1.165, 1.54) is 0 Å². The van der Waals surface area contributed by atoms with Crippen molar-refractivity contribution in [2.24, 2.45) is 0 Å². The van der Waals surface area contributed by atoms with E-state index in [-0.39, 0.29) is 5.91 Å². The number of rotatable bonds is 1. The molecule has 0 saturated carbocycles. The van der Waals surface area contributed by atoms with Crippen molar-refractivity contribution < 1.29 is 9.53 Å². The molecule has 1 saturated heterocycles. The Balaban J connectivity index is 2.04. The topological polar surface area (TPSA) is 29.5 Å². The molecular weight excluding hydrogens is 186 g/mol. The minimum absolute atomic E-state index is 0.129. The van der Waals surface area contributed by atoms with E-state index in [9.17, 15) is 4.79 Å². The monoisotopic (exact) mass is 197 g/mol. The largest absolute Gasteiger partial charge is 0.378 e. The molecule has 2 heterocycles. The van der Waals surface area contributed by atoms with Crippen molar-refractivity contribution in [1.82, 2.24) is 4.90 Å². The quantitative estimate of drug-likeness (QED) is 0.677. The van der Waals surface area contributed by atoms with Crippen LogP contribution in [0.4, 0.5) is 0 Å². The van der Waals surface area contributed by atoms with Crippen LogP contribution in [-0.4, -0.2) is 37.1 Å². The Hall–Kier alpha value is -0.870. The van der Waals surface area contributed by atoms with Crippen LogP contribution in [-0.2, 0) is 4.74 Å². The Morgan fingerprint density at radius 3 is 2.85 bits per heavy atom. The highest BCUT2D eigenvalue weighted by molar-refractivity contribution is 7.08. The van der Waals surface area contributed by atoms with E-state index >= 15 is 0 Å². The molecule has 3 nitrogen and oxygen atoms in total. The second-order valence-electron chi connectivity index (χ2n) is 2.92. The predicted octanol–water partition coefficient (Wildman–Crippen LogP) is 1.22. The zero-order valence-electron chi connectivity index (χ0n) is 7.23. The summed E-state index contributed by atoms with van der Waals surface area (Å²) in [5.74, 6) is 0.129. The minimum Gasteiger partial charge on any atom is -0.378 e. The number of ether oxygens (including phenoxy) is 1. The zero-order valence-corrected chi connectivity index (χ0v) is 8.05. The maximum Gasteiger partial charge on any atom is 0.254 e. The lowest BCUT2D eigenvalue weighted by molar-refractivity contribution is 0.0303. The van der Waals surface area contributed by atoms with Gasteiger partial charge in [0.05, 0.1) is 18.8 Å². The van der Waals surface area contributed by atoms with Gasteiger partial charge in [0.2, 0.25) is 0 Å². The van der Waals surface area contributed by atoms with Crippen LogP contribution in [0.3, 0.4) is 0 Å². The lowest BCUT2D eigenvalue weighted by atomic mass is 10.3. The SMILES string of the molecule is O=C(c1ccsc1)N1CCOCC1. The summed E-state index contributed by atoms with van der Waals surface area (Å²) in [5.41, 5.74) is 0.798. The Morgan fingerprint density at radius 2 is 2.23 bits per heavy atom. The van der Waals surface area contributed by atoms with Gasteiger partial charge in [0.15, 0.2) is 0 Å². The lowest BCUT2D eigenvalue weighted by Crippen LogP contribution is -2.40. The first-order chi connectivity index (χ1) is 6.38. The molecule has 0 N–H and O–H groups in total. The van der Waals surface area contributed by atoms with Crippen LogP contribution >= 0.6 is 11.3 Å². The summed E-state index contributed by atoms with van der Waals surface area (Å²) in [6, 6.07) is 1.86. The summed E-state index contributed by atoms with van der Waals surface area (Å²) >= 11 is 1.55. The smallest absolute Gasteiger partial charge is 0.254 e. The molecule has 1 aliphatic rings. The molecule has 70 valence electrons. The van der Waals surface area contributed by atoms with Crippen LogP contribution in [0.5, 0.6) is 0 Å². The molecule has 13 heavy (non-hydrogen) atoms. The first-order valence-electron chi connectivity index (χ1n) is 4.27. The maximum atomic E-state index is 11.7. The van der Waals surface area contributed by atoms with Crippen LogP contribution in [0.15, 0.2) is 16.8 Å². The number of thiophene rings is 1. The highest BCUT2D eigenvalue weighted by Crippen LogP contribution is 2.10. The average molecular weight is 197 g/mol. The first kappa shape index (κ1) is 8.72. The summed E-state index contributed by atoms with van der Waals surface area (Å²) in [4.78, 5) is 13.6. The second-order valence-corrected chi connectivity index (χ2v) is 3.70. The third-order valence-electron chi connectivity index (χ3n) is 2.07. The standard InChI is InChI=1S/C9H11NO2S/c11-9(8-1-6-13-7-8)10-2-4-12-5-3-10/h1,6-7H,2-5H2. The molecule has 0 radical (unpaired) electrons. The molecule has 2 rings (SSSR count). The third-order valence-corrected chi connectivity index (χ3v) is 2.75. The van der Waals surface area contributed by atoms with Crippen LogP contribution < -0.4 is 0 Å². The summed E-state index contributed by atoms with van der Waals surface area (Å²) in [6.45, 7) is 2.76. The molecular formula is C9H11NO2S. The van der Waals surface area contributed by atoms with Crippen molar-refractivity contribution in [2.75, 3.05) is 26.3 Å². The molecule has 1 aromatic heterocycles. The van der Waals surface area contributed by atoms with Gasteiger partial charge in [0.25, 0.3) is 5.91 Å². The van der Waals surface area contributed by atoms with E-state index in [0.29, 0.717) is 26.3 Å². The number of morpholine rings is 1. The van der Waals surface area contributed by atoms with Crippen molar-refractivity contribution in [1.29, 1.82) is 0 Å². The van der Waals surface area contributed by atoms with Gasteiger partial charge in [0, 0.05) is 18.5 Å². The van der Waals surface area contributed by atoms with Crippen molar-refractivity contribution in [2.45, 2.75) is 0 Å². The summed E-state index contributed by atoms with van der Waals surface area (Å²) in [7, 11) is 0. The van der Waals surface area contributed by atoms with Gasteiger partial charge >= 0.3 is 0 Å². The van der Waals surface area contributed by atoms with Crippen molar-refractivity contribution in [3.63, 3.8) is 0 Å². The summed E-state index contributed by atoms with van der Waals surface area (Å²) in [5, 5.41) is 3.81. The van der Waals surface area contributed by atoms with Gasteiger partial charge in [0.1, 0.15) is 0 Å². The average Bonchev–Trinajstić information content (AvgIpc) is 2.71. The molecule has 0 unspecified atom stereocenters. The van der Waals surface area contributed by atoms with Gasteiger partial charge in [-0.2, -0.15) is 11.3 Å². The van der Waals surface area contributed by atoms with Crippen LogP contribution in [0.1, 0.15) is 10.4 Å². The number of hydrogen-bond donors (Lipinski definition) is 0. The Morgan fingerprint density at radius 1 is 1.46 bits per heavy atom. The molecule has 0 aliphatic carbocycles. The highest BCUT2D eigenvalue weighted by Gasteiger charge is 2.18. The number of hydrogen-bond acceptors (Lipinski definition) is 3. The molecule has 0 spiro atoms. The van der Waals surface area contributed by atoms with Crippen LogP contribution in [0.2, 0.25) is 0 Å². The van der Waals surface area contributed by atoms with Gasteiger partial charge in [-0.3, -0.25) is 4.79 Å². The Labute approximate surface area is 80.9 Å². The number of carbonyl (C=O) groups excluding carboxylic acids is 1. The molecule has 1 aliphatic heterocycles. The van der Waals surface area contributed by atoms with E-state index < -0.39 is 0 Å². The molecule has 0 aromatic carbocycles. The van der Waals surface area contributed by atoms with E-state index in [0.717, 1.165) is 5.56 Å². The fraction of sp³-hybridized carbons (Fsp3) is 0.444. The predicted molar refractivity (Wildman–Crippen MR) is 51.0 cm³/mol. The molecule has 1 fully saturated rings. The van der Waals surface area contributed by atoms with E-state index in [1.807, 2.05) is 21.7 Å². The molecule has 4 heteroatoms. The van der Waals surface area contributed by atoms with E-state index in [4.69, 9.17) is 4.74 Å². The maximum absolute atomic E-state index is 11.7. The van der Waals surface area contributed by atoms with Crippen molar-refractivity contribution in [3.05, 3.63) is 22.4 Å². The van der Waals surface area contributed by atoms with Gasteiger partial charge < -0.3 is 9.64 Å². The number of carbonyl (C=O) groups is 1. The van der Waals surface area contributed by atoms with E-state index in [2.05, 4.69) is 0 Å². The summed E-state index contributed by atoms with van der Waals surface area (Å²) < 4.78 is 5.18. The first-order valence-corrected chi connectivity index (χ1v) is 5.21. The van der Waals surface area contributed by atoms with E-state index in [1.54, 1.807) is 11.3 Å². The fourth-order valence-electron chi connectivity index (χ4n) is 1.34. The number of nitrogens with zero attached hydrogens (tertiary/aromatic N) is 1. The normalized spacial score (nSPS) is 17.4. The Kier molecular flexibility index (Phi) is 2.61. The summed E-state index contributed by atoms with van der Waals surface area (Å²) in [6.07, 6.45) is 0. The molecule has 0 bridgehead atoms. The van der Waals surface area contributed by atoms with Gasteiger partial charge in [-0.05, 0) is 11.4 Å². The van der Waals surface area contributed by atoms with Crippen LogP contribution in [0, 0.1) is 0 Å².